The van der Waals surface area contributed by atoms with Crippen LogP contribution in [-0.2, 0) is 0 Å². The number of likely N-dealkylation sites (tertiary alicyclic amines) is 1. The van der Waals surface area contributed by atoms with Crippen molar-refractivity contribution in [3.8, 4) is 0 Å². The highest BCUT2D eigenvalue weighted by atomic mass is 15.2. The summed E-state index contributed by atoms with van der Waals surface area (Å²) < 4.78 is 0. The van der Waals surface area contributed by atoms with Crippen LogP contribution < -0.4 is 0 Å². The molecular weight excluding hydrogens is 170 g/mol. The van der Waals surface area contributed by atoms with Gasteiger partial charge in [0.15, 0.2) is 0 Å². The highest BCUT2D eigenvalue weighted by molar-refractivity contribution is 4.88. The lowest BCUT2D eigenvalue weighted by atomic mass is 10.0. The van der Waals surface area contributed by atoms with Crippen molar-refractivity contribution >= 4 is 0 Å². The van der Waals surface area contributed by atoms with Gasteiger partial charge in [0.2, 0.25) is 0 Å². The average Bonchev–Trinajstić information content (AvgIpc) is 2.72. The van der Waals surface area contributed by atoms with Gasteiger partial charge in [0, 0.05) is 13.1 Å². The Morgan fingerprint density at radius 2 is 1.71 bits per heavy atom. The lowest BCUT2D eigenvalue weighted by Gasteiger charge is -2.16. The minimum atomic E-state index is 1.08. The van der Waals surface area contributed by atoms with Crippen LogP contribution in [0.2, 0.25) is 0 Å². The maximum Gasteiger partial charge on any atom is 0.00129 e. The normalized spacial score (nSPS) is 32.4. The molecular formula is C13H25N. The molecule has 0 radical (unpaired) electrons. The molecule has 1 aliphatic heterocycles. The summed E-state index contributed by atoms with van der Waals surface area (Å²) in [5, 5.41) is 0. The minimum absolute atomic E-state index is 1.08. The van der Waals surface area contributed by atoms with Crippen LogP contribution in [0.25, 0.3) is 0 Å². The number of unbranched alkanes of at least 4 members (excludes halogenated alkanes) is 3. The van der Waals surface area contributed by atoms with Gasteiger partial charge in [-0.05, 0) is 37.6 Å². The van der Waals surface area contributed by atoms with E-state index in [1.807, 2.05) is 0 Å². The van der Waals surface area contributed by atoms with Crippen molar-refractivity contribution in [2.24, 2.45) is 11.8 Å². The Kier molecular flexibility index (Phi) is 3.86. The van der Waals surface area contributed by atoms with Gasteiger partial charge >= 0.3 is 0 Å². The number of rotatable bonds is 5. The number of nitrogens with zero attached hydrogens (tertiary/aromatic N) is 1. The highest BCUT2D eigenvalue weighted by Gasteiger charge is 2.35. The van der Waals surface area contributed by atoms with Gasteiger partial charge < -0.3 is 4.90 Å². The molecule has 0 spiro atoms. The van der Waals surface area contributed by atoms with Gasteiger partial charge in [-0.2, -0.15) is 0 Å². The van der Waals surface area contributed by atoms with Crippen molar-refractivity contribution in [1.29, 1.82) is 0 Å². The van der Waals surface area contributed by atoms with E-state index in [2.05, 4.69) is 11.8 Å². The first kappa shape index (κ1) is 10.5. The number of hydrogen-bond acceptors (Lipinski definition) is 1. The third-order valence-corrected chi connectivity index (χ3v) is 4.13. The van der Waals surface area contributed by atoms with Gasteiger partial charge in [-0.25, -0.2) is 0 Å². The van der Waals surface area contributed by atoms with Crippen LogP contribution in [-0.4, -0.2) is 24.5 Å². The quantitative estimate of drug-likeness (QED) is 0.608. The second kappa shape index (κ2) is 5.16. The summed E-state index contributed by atoms with van der Waals surface area (Å²) >= 11 is 0. The smallest absolute Gasteiger partial charge is 0.00129 e. The molecule has 1 aliphatic carbocycles. The molecule has 14 heavy (non-hydrogen) atoms. The molecule has 1 saturated carbocycles. The molecule has 1 saturated heterocycles. The monoisotopic (exact) mass is 195 g/mol. The molecule has 0 amide bonds. The zero-order chi connectivity index (χ0) is 9.80. The first-order chi connectivity index (χ1) is 6.90. The zero-order valence-electron chi connectivity index (χ0n) is 9.67. The van der Waals surface area contributed by atoms with Gasteiger partial charge in [0.25, 0.3) is 0 Å². The van der Waals surface area contributed by atoms with Crippen molar-refractivity contribution in [2.45, 2.75) is 51.9 Å². The molecule has 1 nitrogen and oxygen atoms in total. The van der Waals surface area contributed by atoms with E-state index in [1.165, 1.54) is 64.6 Å². The van der Waals surface area contributed by atoms with Crippen LogP contribution in [0.5, 0.6) is 0 Å². The molecule has 0 N–H and O–H groups in total. The second-order valence-electron chi connectivity index (χ2n) is 5.27. The molecule has 0 aromatic heterocycles. The van der Waals surface area contributed by atoms with Gasteiger partial charge in [-0.15, -0.1) is 0 Å². The van der Waals surface area contributed by atoms with Crippen molar-refractivity contribution in [3.63, 3.8) is 0 Å². The number of hydrogen-bond donors (Lipinski definition) is 0. The molecule has 2 fully saturated rings. The molecule has 1 heteroatoms. The minimum Gasteiger partial charge on any atom is -0.303 e. The molecule has 1 heterocycles. The van der Waals surface area contributed by atoms with E-state index in [0.717, 1.165) is 11.8 Å². The Bertz CT molecular complexity index is 155. The summed E-state index contributed by atoms with van der Waals surface area (Å²) in [5.74, 6) is 2.17. The zero-order valence-corrected chi connectivity index (χ0v) is 9.67. The molecule has 0 aromatic rings. The first-order valence-corrected chi connectivity index (χ1v) is 6.62. The van der Waals surface area contributed by atoms with E-state index in [4.69, 9.17) is 0 Å². The average molecular weight is 195 g/mol. The van der Waals surface area contributed by atoms with Crippen molar-refractivity contribution in [3.05, 3.63) is 0 Å². The summed E-state index contributed by atoms with van der Waals surface area (Å²) in [6, 6.07) is 0. The predicted octanol–water partition coefficient (Wildman–Crippen LogP) is 3.30. The Morgan fingerprint density at radius 3 is 2.36 bits per heavy atom. The van der Waals surface area contributed by atoms with E-state index in [-0.39, 0.29) is 0 Å². The molecule has 0 bridgehead atoms. The lowest BCUT2D eigenvalue weighted by Crippen LogP contribution is -2.22. The van der Waals surface area contributed by atoms with E-state index < -0.39 is 0 Å². The molecule has 2 atom stereocenters. The van der Waals surface area contributed by atoms with Crippen molar-refractivity contribution in [1.82, 2.24) is 4.90 Å². The Balaban J connectivity index is 1.60. The van der Waals surface area contributed by atoms with Crippen molar-refractivity contribution in [2.75, 3.05) is 19.6 Å². The molecule has 2 aliphatic rings. The lowest BCUT2D eigenvalue weighted by molar-refractivity contribution is 0.303. The predicted molar refractivity (Wildman–Crippen MR) is 61.4 cm³/mol. The van der Waals surface area contributed by atoms with E-state index in [0.29, 0.717) is 0 Å². The Morgan fingerprint density at radius 1 is 1.00 bits per heavy atom. The van der Waals surface area contributed by atoms with Crippen LogP contribution in [0, 0.1) is 11.8 Å². The van der Waals surface area contributed by atoms with Gasteiger partial charge in [-0.3, -0.25) is 0 Å². The summed E-state index contributed by atoms with van der Waals surface area (Å²) in [6.45, 7) is 6.53. The van der Waals surface area contributed by atoms with Crippen LogP contribution in [0.15, 0.2) is 0 Å². The molecule has 82 valence electrons. The summed E-state index contributed by atoms with van der Waals surface area (Å²) in [4.78, 5) is 2.73. The topological polar surface area (TPSA) is 3.24 Å². The van der Waals surface area contributed by atoms with Gasteiger partial charge in [-0.1, -0.05) is 32.6 Å². The molecule has 0 unspecified atom stereocenters. The fourth-order valence-electron chi connectivity index (χ4n) is 3.28. The van der Waals surface area contributed by atoms with E-state index in [1.54, 1.807) is 0 Å². The van der Waals surface area contributed by atoms with E-state index in [9.17, 15) is 0 Å². The fourth-order valence-corrected chi connectivity index (χ4v) is 3.28. The third-order valence-electron chi connectivity index (χ3n) is 4.13. The first-order valence-electron chi connectivity index (χ1n) is 6.62. The molecule has 0 aromatic carbocycles. The number of fused-ring (bicyclic) bond motifs is 1. The SMILES string of the molecule is CCCCCCN1C[C@H]2CCC[C@@H]2C1. The van der Waals surface area contributed by atoms with Crippen LogP contribution in [0.1, 0.15) is 51.9 Å². The van der Waals surface area contributed by atoms with E-state index >= 15 is 0 Å². The maximum absolute atomic E-state index is 2.73. The molecule has 2 rings (SSSR count). The highest BCUT2D eigenvalue weighted by Crippen LogP contribution is 2.37. The standard InChI is InChI=1S/C13H25N/c1-2-3-4-5-9-14-10-12-7-6-8-13(12)11-14/h12-13H,2-11H2,1H3/t12-,13-/m1/s1. The van der Waals surface area contributed by atoms with Gasteiger partial charge in [0.05, 0.1) is 0 Å². The van der Waals surface area contributed by atoms with Crippen molar-refractivity contribution < 1.29 is 0 Å². The van der Waals surface area contributed by atoms with Crippen LogP contribution in [0.3, 0.4) is 0 Å². The summed E-state index contributed by atoms with van der Waals surface area (Å²) in [6.07, 6.45) is 10.2. The van der Waals surface area contributed by atoms with Gasteiger partial charge in [0.1, 0.15) is 0 Å². The summed E-state index contributed by atoms with van der Waals surface area (Å²) in [7, 11) is 0. The third kappa shape index (κ3) is 2.50. The Labute approximate surface area is 88.9 Å². The van der Waals surface area contributed by atoms with Crippen LogP contribution in [0.4, 0.5) is 0 Å². The fraction of sp³-hybridized carbons (Fsp3) is 1.00. The van der Waals surface area contributed by atoms with Crippen LogP contribution >= 0.6 is 0 Å². The maximum atomic E-state index is 2.73. The Hall–Kier alpha value is -0.0400. The summed E-state index contributed by atoms with van der Waals surface area (Å²) in [5.41, 5.74) is 0. The largest absolute Gasteiger partial charge is 0.303 e. The second-order valence-corrected chi connectivity index (χ2v) is 5.27.